The summed E-state index contributed by atoms with van der Waals surface area (Å²) in [5, 5.41) is 10.3. The van der Waals surface area contributed by atoms with Crippen molar-refractivity contribution in [1.82, 2.24) is 4.90 Å². The molecule has 0 spiro atoms. The predicted octanol–water partition coefficient (Wildman–Crippen LogP) is 2.12. The summed E-state index contributed by atoms with van der Waals surface area (Å²) in [7, 11) is 3.13. The van der Waals surface area contributed by atoms with Gasteiger partial charge in [-0.3, -0.25) is 9.59 Å². The van der Waals surface area contributed by atoms with Crippen molar-refractivity contribution in [3.8, 4) is 23.0 Å². The molecule has 0 radical (unpaired) electrons. The van der Waals surface area contributed by atoms with Gasteiger partial charge in [0.2, 0.25) is 12.6 Å². The molecule has 8 heteroatoms. The zero-order valence-electron chi connectivity index (χ0n) is 17.7. The highest BCUT2D eigenvalue weighted by Crippen LogP contribution is 2.42. The SMILES string of the molecule is COc1ccc(CCN2C(=O)C(=O)C(C(C)O)C2c2ccc3c(c2)OCO3)cc1OC. The van der Waals surface area contributed by atoms with Crippen molar-refractivity contribution in [2.24, 2.45) is 5.92 Å². The molecule has 0 aliphatic carbocycles. The zero-order valence-corrected chi connectivity index (χ0v) is 17.7. The van der Waals surface area contributed by atoms with Crippen molar-refractivity contribution < 1.29 is 33.6 Å². The molecule has 0 aromatic heterocycles. The minimum Gasteiger partial charge on any atom is -0.493 e. The van der Waals surface area contributed by atoms with Crippen molar-refractivity contribution in [1.29, 1.82) is 0 Å². The van der Waals surface area contributed by atoms with Crippen LogP contribution >= 0.6 is 0 Å². The van der Waals surface area contributed by atoms with Crippen molar-refractivity contribution in [3.05, 3.63) is 47.5 Å². The van der Waals surface area contributed by atoms with Crippen LogP contribution in [0.25, 0.3) is 0 Å². The first-order chi connectivity index (χ1) is 14.9. The van der Waals surface area contributed by atoms with Gasteiger partial charge in [0.25, 0.3) is 5.91 Å². The lowest BCUT2D eigenvalue weighted by Crippen LogP contribution is -2.32. The van der Waals surface area contributed by atoms with Gasteiger partial charge in [-0.1, -0.05) is 12.1 Å². The number of likely N-dealkylation sites (tertiary alicyclic amines) is 1. The molecule has 1 fully saturated rings. The number of hydrogen-bond donors (Lipinski definition) is 1. The molecule has 4 rings (SSSR count). The van der Waals surface area contributed by atoms with E-state index >= 15 is 0 Å². The normalized spacial score (nSPS) is 20.8. The summed E-state index contributed by atoms with van der Waals surface area (Å²) in [5.74, 6) is 0.375. The lowest BCUT2D eigenvalue weighted by molar-refractivity contribution is -0.141. The summed E-state index contributed by atoms with van der Waals surface area (Å²) in [6.07, 6.45) is -0.467. The smallest absolute Gasteiger partial charge is 0.290 e. The molecule has 31 heavy (non-hydrogen) atoms. The minimum atomic E-state index is -0.974. The van der Waals surface area contributed by atoms with E-state index in [-0.39, 0.29) is 6.79 Å². The van der Waals surface area contributed by atoms with Crippen molar-refractivity contribution >= 4 is 11.7 Å². The topological polar surface area (TPSA) is 94.5 Å². The fraction of sp³-hybridized carbons (Fsp3) is 0.391. The van der Waals surface area contributed by atoms with Gasteiger partial charge in [-0.25, -0.2) is 0 Å². The molecule has 1 saturated heterocycles. The van der Waals surface area contributed by atoms with Crippen LogP contribution in [0.15, 0.2) is 36.4 Å². The number of carbonyl (C=O) groups excluding carboxylic acids is 2. The van der Waals surface area contributed by atoms with Crippen LogP contribution in [-0.4, -0.2) is 55.4 Å². The quantitative estimate of drug-likeness (QED) is 0.677. The highest BCUT2D eigenvalue weighted by molar-refractivity contribution is 6.39. The number of Topliss-reactive ketones (excluding diaryl/α,β-unsaturated/α-hetero) is 1. The Morgan fingerprint density at radius 1 is 1.06 bits per heavy atom. The maximum atomic E-state index is 12.8. The number of aliphatic hydroxyl groups is 1. The van der Waals surface area contributed by atoms with E-state index in [1.54, 1.807) is 32.4 Å². The Hall–Kier alpha value is -3.26. The number of fused-ring (bicyclic) bond motifs is 1. The van der Waals surface area contributed by atoms with Crippen molar-refractivity contribution in [2.45, 2.75) is 25.5 Å². The lowest BCUT2D eigenvalue weighted by Gasteiger charge is -2.29. The number of ketones is 1. The standard InChI is InChI=1S/C23H25NO7/c1-13(25)20-21(15-5-7-17-19(11-15)31-12-30-17)24(23(27)22(20)26)9-8-14-4-6-16(28-2)18(10-14)29-3/h4-7,10-11,13,20-21,25H,8-9,12H2,1-3H3. The molecule has 1 amide bonds. The van der Waals surface area contributed by atoms with Gasteiger partial charge < -0.3 is 29.0 Å². The third-order valence-corrected chi connectivity index (χ3v) is 5.80. The molecular weight excluding hydrogens is 402 g/mol. The Balaban J connectivity index is 1.63. The second-order valence-electron chi connectivity index (χ2n) is 7.63. The van der Waals surface area contributed by atoms with Crippen LogP contribution in [0.1, 0.15) is 24.1 Å². The largest absolute Gasteiger partial charge is 0.493 e. The summed E-state index contributed by atoms with van der Waals surface area (Å²) in [5.41, 5.74) is 1.66. The summed E-state index contributed by atoms with van der Waals surface area (Å²) < 4.78 is 21.4. The Labute approximate surface area is 180 Å². The highest BCUT2D eigenvalue weighted by Gasteiger charge is 2.50. The minimum absolute atomic E-state index is 0.129. The maximum absolute atomic E-state index is 12.8. The molecule has 2 aromatic rings. The van der Waals surface area contributed by atoms with Gasteiger partial charge in [0, 0.05) is 6.54 Å². The van der Waals surface area contributed by atoms with Gasteiger partial charge in [-0.05, 0) is 48.7 Å². The summed E-state index contributed by atoms with van der Waals surface area (Å²) in [6, 6.07) is 10.3. The predicted molar refractivity (Wildman–Crippen MR) is 110 cm³/mol. The molecule has 3 unspecified atom stereocenters. The van der Waals surface area contributed by atoms with E-state index in [0.717, 1.165) is 11.1 Å². The van der Waals surface area contributed by atoms with Gasteiger partial charge in [-0.2, -0.15) is 0 Å². The third-order valence-electron chi connectivity index (χ3n) is 5.80. The second kappa shape index (κ2) is 8.47. The number of benzene rings is 2. The fourth-order valence-electron chi connectivity index (χ4n) is 4.24. The molecule has 2 aliphatic heterocycles. The monoisotopic (exact) mass is 427 g/mol. The first kappa shape index (κ1) is 21.0. The number of rotatable bonds is 7. The Morgan fingerprint density at radius 2 is 1.81 bits per heavy atom. The second-order valence-corrected chi connectivity index (χ2v) is 7.63. The molecule has 0 bridgehead atoms. The summed E-state index contributed by atoms with van der Waals surface area (Å²) in [4.78, 5) is 27.1. The van der Waals surface area contributed by atoms with E-state index in [4.69, 9.17) is 18.9 Å². The number of amides is 1. The van der Waals surface area contributed by atoms with Gasteiger partial charge >= 0.3 is 0 Å². The number of carbonyl (C=O) groups is 2. The van der Waals surface area contributed by atoms with Crippen LogP contribution in [0.5, 0.6) is 23.0 Å². The highest BCUT2D eigenvalue weighted by atomic mass is 16.7. The molecule has 1 N–H and O–H groups in total. The molecule has 0 saturated carbocycles. The lowest BCUT2D eigenvalue weighted by atomic mass is 9.88. The number of ether oxygens (including phenoxy) is 4. The number of methoxy groups -OCH3 is 2. The first-order valence-corrected chi connectivity index (χ1v) is 10.1. The molecule has 3 atom stereocenters. The van der Waals surface area contributed by atoms with E-state index < -0.39 is 29.8 Å². The molecule has 8 nitrogen and oxygen atoms in total. The van der Waals surface area contributed by atoms with Crippen LogP contribution < -0.4 is 18.9 Å². The number of nitrogens with zero attached hydrogens (tertiary/aromatic N) is 1. The van der Waals surface area contributed by atoms with E-state index in [1.807, 2.05) is 18.2 Å². The molecule has 2 aliphatic rings. The summed E-state index contributed by atoms with van der Waals surface area (Å²) >= 11 is 0. The molecule has 164 valence electrons. The summed E-state index contributed by atoms with van der Waals surface area (Å²) in [6.45, 7) is 1.97. The molecular formula is C23H25NO7. The third kappa shape index (κ3) is 3.79. The molecule has 2 heterocycles. The van der Waals surface area contributed by atoms with Gasteiger partial charge in [0.15, 0.2) is 23.0 Å². The Morgan fingerprint density at radius 3 is 2.52 bits per heavy atom. The fourth-order valence-corrected chi connectivity index (χ4v) is 4.24. The van der Waals surface area contributed by atoms with Crippen molar-refractivity contribution in [3.63, 3.8) is 0 Å². The Kier molecular flexibility index (Phi) is 5.73. The van der Waals surface area contributed by atoms with Gasteiger partial charge in [0.05, 0.1) is 32.3 Å². The van der Waals surface area contributed by atoms with E-state index in [0.29, 0.717) is 36.0 Å². The van der Waals surface area contributed by atoms with Crippen LogP contribution in [0.4, 0.5) is 0 Å². The van der Waals surface area contributed by atoms with Crippen molar-refractivity contribution in [2.75, 3.05) is 27.6 Å². The van der Waals surface area contributed by atoms with Gasteiger partial charge in [-0.15, -0.1) is 0 Å². The number of aliphatic hydroxyl groups excluding tert-OH is 1. The average Bonchev–Trinajstić information content (AvgIpc) is 3.34. The van der Waals surface area contributed by atoms with Crippen LogP contribution in [0, 0.1) is 5.92 Å². The van der Waals surface area contributed by atoms with Crippen LogP contribution in [0.3, 0.4) is 0 Å². The number of hydrogen-bond acceptors (Lipinski definition) is 7. The zero-order chi connectivity index (χ0) is 22.1. The van der Waals surface area contributed by atoms with Gasteiger partial charge in [0.1, 0.15) is 0 Å². The van der Waals surface area contributed by atoms with E-state index in [2.05, 4.69) is 0 Å². The first-order valence-electron chi connectivity index (χ1n) is 10.1. The van der Waals surface area contributed by atoms with Crippen LogP contribution in [0.2, 0.25) is 0 Å². The maximum Gasteiger partial charge on any atom is 0.290 e. The Bertz CT molecular complexity index is 1000. The average molecular weight is 427 g/mol. The molecule has 2 aromatic carbocycles. The van der Waals surface area contributed by atoms with E-state index in [9.17, 15) is 14.7 Å². The van der Waals surface area contributed by atoms with E-state index in [1.165, 1.54) is 11.8 Å². The van der Waals surface area contributed by atoms with Crippen LogP contribution in [-0.2, 0) is 16.0 Å².